The molecule has 1 fully saturated rings. The van der Waals surface area contributed by atoms with Crippen molar-refractivity contribution in [1.82, 2.24) is 0 Å². The number of esters is 1. The van der Waals surface area contributed by atoms with E-state index in [1.165, 1.54) is 57.8 Å². The highest BCUT2D eigenvalue weighted by molar-refractivity contribution is 5.75. The molecule has 1 saturated carbocycles. The van der Waals surface area contributed by atoms with Crippen molar-refractivity contribution in [3.05, 3.63) is 0 Å². The summed E-state index contributed by atoms with van der Waals surface area (Å²) in [6.45, 7) is 6.73. The molecule has 182 valence electrons. The summed E-state index contributed by atoms with van der Waals surface area (Å²) in [5.74, 6) is -0.852. The molecule has 3 atom stereocenters. The molecule has 31 heavy (non-hydrogen) atoms. The molecule has 4 heteroatoms. The molecule has 0 aromatic carbocycles. The molecule has 0 aromatic rings. The Bertz CT molecular complexity index is 474. The monoisotopic (exact) mass is 438 g/mol. The van der Waals surface area contributed by atoms with Gasteiger partial charge in [-0.15, -0.1) is 0 Å². The zero-order valence-corrected chi connectivity index (χ0v) is 20.7. The Morgan fingerprint density at radius 1 is 0.806 bits per heavy atom. The van der Waals surface area contributed by atoms with Crippen molar-refractivity contribution >= 4 is 11.9 Å². The van der Waals surface area contributed by atoms with E-state index in [1.54, 1.807) is 0 Å². The lowest BCUT2D eigenvalue weighted by molar-refractivity contribution is -0.158. The Labute approximate surface area is 191 Å². The minimum atomic E-state index is -0.767. The summed E-state index contributed by atoms with van der Waals surface area (Å²) in [5.41, 5.74) is 0. The first kappa shape index (κ1) is 28.0. The number of aliphatic carboxylic acids is 1. The van der Waals surface area contributed by atoms with E-state index in [-0.39, 0.29) is 23.9 Å². The van der Waals surface area contributed by atoms with Gasteiger partial charge in [0.2, 0.25) is 0 Å². The third kappa shape index (κ3) is 13.9. The Kier molecular flexibility index (Phi) is 15.8. The largest absolute Gasteiger partial charge is 0.481 e. The third-order valence-corrected chi connectivity index (χ3v) is 6.83. The number of carboxylic acids is 1. The molecule has 3 unspecified atom stereocenters. The van der Waals surface area contributed by atoms with Crippen LogP contribution in [0.4, 0.5) is 0 Å². The molecular weight excluding hydrogens is 388 g/mol. The first-order valence-electron chi connectivity index (χ1n) is 13.4. The van der Waals surface area contributed by atoms with Gasteiger partial charge >= 0.3 is 11.9 Å². The van der Waals surface area contributed by atoms with Crippen molar-refractivity contribution in [2.24, 2.45) is 17.8 Å². The standard InChI is InChI=1S/C27H50O4/c1-4-5-6-7-8-9-10-11-12-13-19-25(20-14-16-22(2)3)31-27(30)24-18-15-17-23(21-24)26(28)29/h22-25H,4-21H2,1-3H3,(H,28,29). The normalized spacial score (nSPS) is 20.0. The second-order valence-electron chi connectivity index (χ2n) is 10.3. The number of carboxylic acid groups (broad SMARTS) is 1. The fourth-order valence-electron chi connectivity index (χ4n) is 4.76. The maximum atomic E-state index is 12.7. The van der Waals surface area contributed by atoms with Crippen molar-refractivity contribution in [2.45, 2.75) is 142 Å². The maximum Gasteiger partial charge on any atom is 0.309 e. The smallest absolute Gasteiger partial charge is 0.309 e. The molecule has 1 aliphatic carbocycles. The number of carbonyl (C=O) groups is 2. The average molecular weight is 439 g/mol. The van der Waals surface area contributed by atoms with Crippen molar-refractivity contribution in [2.75, 3.05) is 0 Å². The minimum absolute atomic E-state index is 0.00509. The van der Waals surface area contributed by atoms with Crippen LogP contribution in [0.5, 0.6) is 0 Å². The summed E-state index contributed by atoms with van der Waals surface area (Å²) in [6, 6.07) is 0. The minimum Gasteiger partial charge on any atom is -0.481 e. The maximum absolute atomic E-state index is 12.7. The van der Waals surface area contributed by atoms with E-state index in [4.69, 9.17) is 4.74 Å². The molecule has 0 saturated heterocycles. The number of unbranched alkanes of at least 4 members (excludes halogenated alkanes) is 9. The molecule has 4 nitrogen and oxygen atoms in total. The first-order chi connectivity index (χ1) is 14.9. The van der Waals surface area contributed by atoms with E-state index in [0.29, 0.717) is 18.8 Å². The summed E-state index contributed by atoms with van der Waals surface area (Å²) in [4.78, 5) is 24.1. The molecule has 0 aliphatic heterocycles. The Morgan fingerprint density at radius 2 is 1.35 bits per heavy atom. The van der Waals surface area contributed by atoms with Gasteiger partial charge in [-0.25, -0.2) is 0 Å². The van der Waals surface area contributed by atoms with Crippen LogP contribution in [-0.4, -0.2) is 23.1 Å². The average Bonchev–Trinajstić information content (AvgIpc) is 2.74. The van der Waals surface area contributed by atoms with Gasteiger partial charge in [0.05, 0.1) is 11.8 Å². The summed E-state index contributed by atoms with van der Waals surface area (Å²) in [5, 5.41) is 9.29. The Hall–Kier alpha value is -1.06. The zero-order chi connectivity index (χ0) is 22.9. The van der Waals surface area contributed by atoms with Crippen LogP contribution in [0.2, 0.25) is 0 Å². The number of hydrogen-bond donors (Lipinski definition) is 1. The molecule has 0 heterocycles. The van der Waals surface area contributed by atoms with Gasteiger partial charge in [-0.3, -0.25) is 9.59 Å². The van der Waals surface area contributed by atoms with Crippen LogP contribution in [0.15, 0.2) is 0 Å². The van der Waals surface area contributed by atoms with Gasteiger partial charge in [0.1, 0.15) is 6.10 Å². The van der Waals surface area contributed by atoms with Crippen molar-refractivity contribution in [1.29, 1.82) is 0 Å². The molecule has 0 bridgehead atoms. The quantitative estimate of drug-likeness (QED) is 0.174. The lowest BCUT2D eigenvalue weighted by Crippen LogP contribution is -2.31. The van der Waals surface area contributed by atoms with E-state index >= 15 is 0 Å². The lowest BCUT2D eigenvalue weighted by Gasteiger charge is -2.27. The van der Waals surface area contributed by atoms with E-state index < -0.39 is 5.97 Å². The van der Waals surface area contributed by atoms with Gasteiger partial charge in [-0.05, 0) is 50.9 Å². The molecule has 0 spiro atoms. The van der Waals surface area contributed by atoms with E-state index in [0.717, 1.165) is 44.9 Å². The van der Waals surface area contributed by atoms with Gasteiger partial charge in [0.25, 0.3) is 0 Å². The van der Waals surface area contributed by atoms with Gasteiger partial charge in [-0.2, -0.15) is 0 Å². The first-order valence-corrected chi connectivity index (χ1v) is 13.4. The van der Waals surface area contributed by atoms with Crippen LogP contribution in [0.3, 0.4) is 0 Å². The van der Waals surface area contributed by atoms with E-state index in [9.17, 15) is 14.7 Å². The summed E-state index contributed by atoms with van der Waals surface area (Å²) < 4.78 is 5.95. The second kappa shape index (κ2) is 17.5. The third-order valence-electron chi connectivity index (χ3n) is 6.83. The van der Waals surface area contributed by atoms with Crippen molar-refractivity contribution in [3.63, 3.8) is 0 Å². The van der Waals surface area contributed by atoms with Crippen LogP contribution >= 0.6 is 0 Å². The van der Waals surface area contributed by atoms with Crippen LogP contribution in [-0.2, 0) is 14.3 Å². The Balaban J connectivity index is 2.32. The molecular formula is C27H50O4. The molecule has 0 radical (unpaired) electrons. The fraction of sp³-hybridized carbons (Fsp3) is 0.926. The number of rotatable bonds is 18. The summed E-state index contributed by atoms with van der Waals surface area (Å²) in [7, 11) is 0. The molecule has 1 aliphatic rings. The van der Waals surface area contributed by atoms with Crippen LogP contribution in [0.1, 0.15) is 136 Å². The van der Waals surface area contributed by atoms with Gasteiger partial charge in [0.15, 0.2) is 0 Å². The van der Waals surface area contributed by atoms with Crippen LogP contribution < -0.4 is 0 Å². The molecule has 1 rings (SSSR count). The fourth-order valence-corrected chi connectivity index (χ4v) is 4.76. The van der Waals surface area contributed by atoms with E-state index in [2.05, 4.69) is 20.8 Å². The van der Waals surface area contributed by atoms with Crippen molar-refractivity contribution in [3.8, 4) is 0 Å². The predicted octanol–water partition coefficient (Wildman–Crippen LogP) is 7.93. The van der Waals surface area contributed by atoms with E-state index in [1.807, 2.05) is 0 Å². The molecule has 1 N–H and O–H groups in total. The highest BCUT2D eigenvalue weighted by Crippen LogP contribution is 2.31. The Morgan fingerprint density at radius 3 is 1.94 bits per heavy atom. The number of hydrogen-bond acceptors (Lipinski definition) is 3. The molecule has 0 amide bonds. The van der Waals surface area contributed by atoms with Gasteiger partial charge in [-0.1, -0.05) is 91.4 Å². The zero-order valence-electron chi connectivity index (χ0n) is 20.7. The topological polar surface area (TPSA) is 63.6 Å². The van der Waals surface area contributed by atoms with Crippen LogP contribution in [0, 0.1) is 17.8 Å². The van der Waals surface area contributed by atoms with Gasteiger partial charge < -0.3 is 9.84 Å². The highest BCUT2D eigenvalue weighted by atomic mass is 16.5. The van der Waals surface area contributed by atoms with Crippen LogP contribution in [0.25, 0.3) is 0 Å². The number of carbonyl (C=O) groups excluding carboxylic acids is 1. The lowest BCUT2D eigenvalue weighted by atomic mass is 9.81. The predicted molar refractivity (Wildman–Crippen MR) is 128 cm³/mol. The summed E-state index contributed by atoms with van der Waals surface area (Å²) in [6.07, 6.45) is 20.0. The SMILES string of the molecule is CCCCCCCCCCCCC(CCCC(C)C)OC(=O)C1CCCC(C(=O)O)C1. The second-order valence-corrected chi connectivity index (χ2v) is 10.3. The molecule has 0 aromatic heterocycles. The highest BCUT2D eigenvalue weighted by Gasteiger charge is 2.32. The van der Waals surface area contributed by atoms with Gasteiger partial charge in [0, 0.05) is 0 Å². The summed E-state index contributed by atoms with van der Waals surface area (Å²) >= 11 is 0. The number of ether oxygens (including phenoxy) is 1. The van der Waals surface area contributed by atoms with Crippen molar-refractivity contribution < 1.29 is 19.4 Å².